The zero-order valence-corrected chi connectivity index (χ0v) is 8.18. The summed E-state index contributed by atoms with van der Waals surface area (Å²) in [5.74, 6) is -1.26. The Labute approximate surface area is 86.8 Å². The molecule has 1 aromatic heterocycles. The van der Waals surface area contributed by atoms with Crippen LogP contribution in [0.15, 0.2) is 36.5 Å². The van der Waals surface area contributed by atoms with Gasteiger partial charge in [-0.1, -0.05) is 30.3 Å². The summed E-state index contributed by atoms with van der Waals surface area (Å²) in [7, 11) is 1.68. The molecule has 0 radical (unpaired) electrons. The number of carbonyl (C=O) groups is 1. The molecule has 0 saturated carbocycles. The van der Waals surface area contributed by atoms with Crippen LogP contribution in [-0.2, 0) is 7.05 Å². The molecule has 2 aromatic rings. The van der Waals surface area contributed by atoms with Crippen molar-refractivity contribution in [2.45, 2.75) is 0 Å². The standard InChI is InChI=1S/C11H10N2O2/c1-13-7-9(10(12-13)11(14)15)8-5-3-2-4-6-8/h2-7H,1H3,(H,14,15)/p-1. The van der Waals surface area contributed by atoms with Crippen molar-refractivity contribution in [3.63, 3.8) is 0 Å². The van der Waals surface area contributed by atoms with E-state index in [0.717, 1.165) is 5.56 Å². The predicted octanol–water partition coefficient (Wildman–Crippen LogP) is 0.451. The molecule has 0 unspecified atom stereocenters. The van der Waals surface area contributed by atoms with Crippen LogP contribution in [0.3, 0.4) is 0 Å². The number of nitrogens with zero attached hydrogens (tertiary/aromatic N) is 2. The van der Waals surface area contributed by atoms with Gasteiger partial charge in [-0.25, -0.2) is 0 Å². The van der Waals surface area contributed by atoms with E-state index in [1.165, 1.54) is 4.68 Å². The summed E-state index contributed by atoms with van der Waals surface area (Å²) in [6, 6.07) is 9.24. The van der Waals surface area contributed by atoms with Crippen LogP contribution >= 0.6 is 0 Å². The average molecular weight is 201 g/mol. The molecule has 0 aliphatic rings. The van der Waals surface area contributed by atoms with Gasteiger partial charge in [0.2, 0.25) is 0 Å². The number of carboxylic acid groups (broad SMARTS) is 1. The maximum Gasteiger partial charge on any atom is 0.116 e. The van der Waals surface area contributed by atoms with Gasteiger partial charge < -0.3 is 9.90 Å². The zero-order chi connectivity index (χ0) is 10.8. The lowest BCUT2D eigenvalue weighted by Crippen LogP contribution is -2.23. The van der Waals surface area contributed by atoms with Gasteiger partial charge >= 0.3 is 0 Å². The molecule has 0 aliphatic carbocycles. The van der Waals surface area contributed by atoms with Crippen LogP contribution in [0, 0.1) is 0 Å². The van der Waals surface area contributed by atoms with Gasteiger partial charge in [-0.2, -0.15) is 5.10 Å². The average Bonchev–Trinajstić information content (AvgIpc) is 2.62. The lowest BCUT2D eigenvalue weighted by Gasteiger charge is -2.01. The zero-order valence-electron chi connectivity index (χ0n) is 8.18. The Kier molecular flexibility index (Phi) is 2.25. The number of hydrogen-bond donors (Lipinski definition) is 0. The molecule has 2 rings (SSSR count). The van der Waals surface area contributed by atoms with Crippen molar-refractivity contribution in [1.29, 1.82) is 0 Å². The topological polar surface area (TPSA) is 58.0 Å². The van der Waals surface area contributed by atoms with E-state index < -0.39 is 5.97 Å². The van der Waals surface area contributed by atoms with Crippen molar-refractivity contribution in [2.24, 2.45) is 7.05 Å². The summed E-state index contributed by atoms with van der Waals surface area (Å²) in [5.41, 5.74) is 1.38. The number of aryl methyl sites for hydroxylation is 1. The second-order valence-electron chi connectivity index (χ2n) is 3.22. The van der Waals surface area contributed by atoms with E-state index in [1.54, 1.807) is 13.2 Å². The first-order chi connectivity index (χ1) is 7.18. The van der Waals surface area contributed by atoms with Crippen LogP contribution in [0.2, 0.25) is 0 Å². The quantitative estimate of drug-likeness (QED) is 0.708. The van der Waals surface area contributed by atoms with Gasteiger partial charge in [0, 0.05) is 18.8 Å². The number of carboxylic acids is 1. The van der Waals surface area contributed by atoms with Crippen molar-refractivity contribution in [2.75, 3.05) is 0 Å². The summed E-state index contributed by atoms with van der Waals surface area (Å²) >= 11 is 0. The molecule has 4 heteroatoms. The van der Waals surface area contributed by atoms with Crippen molar-refractivity contribution in [1.82, 2.24) is 9.78 Å². The fourth-order valence-electron chi connectivity index (χ4n) is 1.47. The molecule has 0 N–H and O–H groups in total. The first-order valence-electron chi connectivity index (χ1n) is 4.49. The number of aromatic carboxylic acids is 1. The van der Waals surface area contributed by atoms with Crippen molar-refractivity contribution in [3.05, 3.63) is 42.2 Å². The van der Waals surface area contributed by atoms with Crippen LogP contribution in [0.25, 0.3) is 11.1 Å². The summed E-state index contributed by atoms with van der Waals surface area (Å²) in [4.78, 5) is 10.8. The highest BCUT2D eigenvalue weighted by molar-refractivity contribution is 5.92. The molecule has 0 fully saturated rings. The summed E-state index contributed by atoms with van der Waals surface area (Å²) < 4.78 is 1.47. The molecule has 0 saturated heterocycles. The third-order valence-electron chi connectivity index (χ3n) is 2.11. The maximum absolute atomic E-state index is 10.8. The van der Waals surface area contributed by atoms with E-state index in [-0.39, 0.29) is 5.69 Å². The molecule has 0 spiro atoms. The summed E-state index contributed by atoms with van der Waals surface area (Å²) in [5, 5.41) is 14.7. The van der Waals surface area contributed by atoms with E-state index in [9.17, 15) is 9.90 Å². The van der Waals surface area contributed by atoms with E-state index >= 15 is 0 Å². The third-order valence-corrected chi connectivity index (χ3v) is 2.11. The fourth-order valence-corrected chi connectivity index (χ4v) is 1.47. The lowest BCUT2D eigenvalue weighted by atomic mass is 10.1. The van der Waals surface area contributed by atoms with Gasteiger partial charge in [-0.3, -0.25) is 4.68 Å². The molecule has 1 heterocycles. The Morgan fingerprint density at radius 3 is 2.60 bits per heavy atom. The van der Waals surface area contributed by atoms with Gasteiger partial charge in [0.05, 0.1) is 5.97 Å². The molecule has 0 bridgehead atoms. The van der Waals surface area contributed by atoms with Gasteiger partial charge in [-0.05, 0) is 5.56 Å². The maximum atomic E-state index is 10.8. The van der Waals surface area contributed by atoms with Crippen LogP contribution in [0.5, 0.6) is 0 Å². The molecular weight excluding hydrogens is 192 g/mol. The number of rotatable bonds is 2. The highest BCUT2D eigenvalue weighted by atomic mass is 16.4. The molecule has 0 atom stereocenters. The normalized spacial score (nSPS) is 10.2. The minimum absolute atomic E-state index is 0.0244. The number of benzene rings is 1. The molecule has 0 amide bonds. The van der Waals surface area contributed by atoms with Crippen LogP contribution in [-0.4, -0.2) is 15.7 Å². The van der Waals surface area contributed by atoms with Gasteiger partial charge in [0.1, 0.15) is 5.69 Å². The molecule has 15 heavy (non-hydrogen) atoms. The Morgan fingerprint density at radius 1 is 1.33 bits per heavy atom. The molecule has 4 nitrogen and oxygen atoms in total. The van der Waals surface area contributed by atoms with Crippen molar-refractivity contribution < 1.29 is 9.90 Å². The number of hydrogen-bond acceptors (Lipinski definition) is 3. The Balaban J connectivity index is 2.58. The smallest absolute Gasteiger partial charge is 0.116 e. The third kappa shape index (κ3) is 1.74. The van der Waals surface area contributed by atoms with Crippen molar-refractivity contribution in [3.8, 4) is 11.1 Å². The van der Waals surface area contributed by atoms with Gasteiger partial charge in [0.15, 0.2) is 0 Å². The van der Waals surface area contributed by atoms with E-state index in [4.69, 9.17) is 0 Å². The largest absolute Gasteiger partial charge is 0.543 e. The monoisotopic (exact) mass is 201 g/mol. The number of aromatic nitrogens is 2. The molecule has 0 aliphatic heterocycles. The molecule has 1 aromatic carbocycles. The van der Waals surface area contributed by atoms with Crippen LogP contribution in [0.1, 0.15) is 10.5 Å². The minimum atomic E-state index is -1.26. The van der Waals surface area contributed by atoms with E-state index in [0.29, 0.717) is 5.56 Å². The molecule has 76 valence electrons. The first-order valence-corrected chi connectivity index (χ1v) is 4.49. The lowest BCUT2D eigenvalue weighted by molar-refractivity contribution is -0.255. The number of carbonyl (C=O) groups excluding carboxylic acids is 1. The summed E-state index contributed by atoms with van der Waals surface area (Å²) in [6.45, 7) is 0. The second kappa shape index (κ2) is 3.57. The Hall–Kier alpha value is -2.10. The van der Waals surface area contributed by atoms with Gasteiger partial charge in [0.25, 0.3) is 0 Å². The fraction of sp³-hybridized carbons (Fsp3) is 0.0909. The SMILES string of the molecule is Cn1cc(-c2ccccc2)c(C(=O)[O-])n1. The second-order valence-corrected chi connectivity index (χ2v) is 3.22. The Morgan fingerprint density at radius 2 is 2.00 bits per heavy atom. The minimum Gasteiger partial charge on any atom is -0.543 e. The van der Waals surface area contributed by atoms with E-state index in [1.807, 2.05) is 30.3 Å². The van der Waals surface area contributed by atoms with Crippen molar-refractivity contribution >= 4 is 5.97 Å². The van der Waals surface area contributed by atoms with Gasteiger partial charge in [-0.15, -0.1) is 0 Å². The molecular formula is C11H9N2O2-. The predicted molar refractivity (Wildman–Crippen MR) is 53.0 cm³/mol. The highest BCUT2D eigenvalue weighted by Crippen LogP contribution is 2.21. The van der Waals surface area contributed by atoms with Crippen LogP contribution in [0.4, 0.5) is 0 Å². The van der Waals surface area contributed by atoms with Crippen LogP contribution < -0.4 is 5.11 Å². The highest BCUT2D eigenvalue weighted by Gasteiger charge is 2.09. The van der Waals surface area contributed by atoms with E-state index in [2.05, 4.69) is 5.10 Å². The first kappa shape index (κ1) is 9.45. The summed E-state index contributed by atoms with van der Waals surface area (Å²) in [6.07, 6.45) is 1.67. The Bertz CT molecular complexity index is 489.